The molecule has 0 bridgehead atoms. The summed E-state index contributed by atoms with van der Waals surface area (Å²) < 4.78 is 13.0. The van der Waals surface area contributed by atoms with Crippen LogP contribution >= 0.6 is 11.3 Å². The Labute approximate surface area is 132 Å². The number of halogens is 1. The molecule has 1 aliphatic carbocycles. The molecule has 0 aliphatic heterocycles. The highest BCUT2D eigenvalue weighted by Gasteiger charge is 2.26. The molecule has 3 rings (SSSR count). The van der Waals surface area contributed by atoms with Gasteiger partial charge in [0, 0.05) is 10.4 Å². The average molecular weight is 314 g/mol. The minimum Gasteiger partial charge on any atom is -0.337 e. The van der Waals surface area contributed by atoms with Gasteiger partial charge < -0.3 is 5.32 Å². The second-order valence-corrected chi connectivity index (χ2v) is 6.21. The van der Waals surface area contributed by atoms with E-state index in [0.717, 1.165) is 35.5 Å². The van der Waals surface area contributed by atoms with E-state index in [-0.39, 0.29) is 17.8 Å². The monoisotopic (exact) mass is 314 g/mol. The first-order valence-electron chi connectivity index (χ1n) is 7.16. The standard InChI is InChI=1S/C17H15FN2OS/c1-2-4-15(21)19-13-5-3-6-14-16(13)20-17(22-14)11-7-9-12(18)10-8-11/h7-10,13H,3,5-6H2,1H3,(H,19,21)/t13-/m1/s1. The van der Waals surface area contributed by atoms with Crippen LogP contribution in [-0.2, 0) is 11.2 Å². The average Bonchev–Trinajstić information content (AvgIpc) is 2.93. The molecule has 0 saturated carbocycles. The van der Waals surface area contributed by atoms with Gasteiger partial charge in [-0.05, 0) is 56.4 Å². The van der Waals surface area contributed by atoms with Gasteiger partial charge in [-0.25, -0.2) is 9.37 Å². The smallest absolute Gasteiger partial charge is 0.296 e. The van der Waals surface area contributed by atoms with E-state index in [0.29, 0.717) is 0 Å². The van der Waals surface area contributed by atoms with Crippen molar-refractivity contribution in [2.45, 2.75) is 32.2 Å². The van der Waals surface area contributed by atoms with Crippen LogP contribution in [0.4, 0.5) is 4.39 Å². The second kappa shape index (κ2) is 6.29. The van der Waals surface area contributed by atoms with Crippen LogP contribution in [0.15, 0.2) is 24.3 Å². The molecule has 3 nitrogen and oxygen atoms in total. The first-order valence-corrected chi connectivity index (χ1v) is 7.98. The summed E-state index contributed by atoms with van der Waals surface area (Å²) >= 11 is 1.62. The van der Waals surface area contributed by atoms with Crippen LogP contribution in [0.2, 0.25) is 0 Å². The zero-order chi connectivity index (χ0) is 15.5. The van der Waals surface area contributed by atoms with Gasteiger partial charge in [-0.1, -0.05) is 5.92 Å². The Morgan fingerprint density at radius 3 is 2.91 bits per heavy atom. The fourth-order valence-corrected chi connectivity index (χ4v) is 3.75. The number of thiazole rings is 1. The number of amides is 1. The number of aromatic nitrogens is 1. The number of hydrogen-bond acceptors (Lipinski definition) is 3. The van der Waals surface area contributed by atoms with Gasteiger partial charge in [0.15, 0.2) is 0 Å². The summed E-state index contributed by atoms with van der Waals surface area (Å²) in [5, 5.41) is 3.79. The maximum Gasteiger partial charge on any atom is 0.296 e. The number of carbonyl (C=O) groups is 1. The molecule has 5 heteroatoms. The van der Waals surface area contributed by atoms with Crippen molar-refractivity contribution in [3.63, 3.8) is 0 Å². The van der Waals surface area contributed by atoms with Crippen LogP contribution in [0.3, 0.4) is 0 Å². The number of hydrogen-bond donors (Lipinski definition) is 1. The number of rotatable bonds is 2. The van der Waals surface area contributed by atoms with E-state index < -0.39 is 0 Å². The quantitative estimate of drug-likeness (QED) is 0.863. The van der Waals surface area contributed by atoms with Gasteiger partial charge >= 0.3 is 0 Å². The lowest BCUT2D eigenvalue weighted by atomic mass is 9.97. The molecule has 0 radical (unpaired) electrons. The zero-order valence-electron chi connectivity index (χ0n) is 12.1. The number of carbonyl (C=O) groups excluding carboxylic acids is 1. The molecule has 2 aromatic rings. The van der Waals surface area contributed by atoms with Crippen LogP contribution in [0.25, 0.3) is 10.6 Å². The van der Waals surface area contributed by atoms with Crippen molar-refractivity contribution in [3.05, 3.63) is 40.7 Å². The predicted molar refractivity (Wildman–Crippen MR) is 84.8 cm³/mol. The summed E-state index contributed by atoms with van der Waals surface area (Å²) in [6.07, 6.45) is 2.86. The molecule has 0 unspecified atom stereocenters. The van der Waals surface area contributed by atoms with Crippen molar-refractivity contribution in [2.24, 2.45) is 0 Å². The van der Waals surface area contributed by atoms with Crippen LogP contribution in [-0.4, -0.2) is 10.9 Å². The molecule has 1 atom stereocenters. The number of aryl methyl sites for hydroxylation is 1. The summed E-state index contributed by atoms with van der Waals surface area (Å²) in [6.45, 7) is 1.64. The van der Waals surface area contributed by atoms with Gasteiger partial charge in [-0.3, -0.25) is 4.79 Å². The van der Waals surface area contributed by atoms with Crippen LogP contribution in [0.1, 0.15) is 36.4 Å². The third-order valence-electron chi connectivity index (χ3n) is 3.59. The van der Waals surface area contributed by atoms with Gasteiger partial charge in [0.2, 0.25) is 0 Å². The molecule has 1 amide bonds. The van der Waals surface area contributed by atoms with Crippen molar-refractivity contribution in [1.29, 1.82) is 0 Å². The first-order chi connectivity index (χ1) is 10.7. The van der Waals surface area contributed by atoms with E-state index in [4.69, 9.17) is 0 Å². The van der Waals surface area contributed by atoms with Gasteiger partial charge in [-0.15, -0.1) is 11.3 Å². The molecule has 0 fully saturated rings. The highest BCUT2D eigenvalue weighted by atomic mass is 32.1. The zero-order valence-corrected chi connectivity index (χ0v) is 13.0. The summed E-state index contributed by atoms with van der Waals surface area (Å²) in [6, 6.07) is 6.26. The van der Waals surface area contributed by atoms with Crippen molar-refractivity contribution in [3.8, 4) is 22.4 Å². The van der Waals surface area contributed by atoms with Gasteiger partial charge in [0.05, 0.1) is 11.7 Å². The fraction of sp³-hybridized carbons (Fsp3) is 0.294. The Morgan fingerprint density at radius 1 is 1.41 bits per heavy atom. The molecular weight excluding hydrogens is 299 g/mol. The maximum absolute atomic E-state index is 13.0. The molecular formula is C17H15FN2OS. The van der Waals surface area contributed by atoms with Crippen LogP contribution < -0.4 is 5.32 Å². The Kier molecular flexibility index (Phi) is 4.21. The first kappa shape index (κ1) is 14.7. The molecule has 112 valence electrons. The summed E-state index contributed by atoms with van der Waals surface area (Å²) in [7, 11) is 0. The van der Waals surface area contributed by atoms with Crippen molar-refractivity contribution >= 4 is 17.2 Å². The Balaban J connectivity index is 1.89. The Morgan fingerprint density at radius 2 is 2.18 bits per heavy atom. The van der Waals surface area contributed by atoms with Gasteiger partial charge in [-0.2, -0.15) is 0 Å². The van der Waals surface area contributed by atoms with Crippen molar-refractivity contribution < 1.29 is 9.18 Å². The third kappa shape index (κ3) is 3.02. The second-order valence-electron chi connectivity index (χ2n) is 5.13. The molecule has 1 aromatic carbocycles. The molecule has 22 heavy (non-hydrogen) atoms. The van der Waals surface area contributed by atoms with E-state index in [1.54, 1.807) is 30.4 Å². The van der Waals surface area contributed by atoms with Gasteiger partial charge in [0.1, 0.15) is 10.8 Å². The molecule has 1 heterocycles. The number of nitrogens with one attached hydrogen (secondary N) is 1. The lowest BCUT2D eigenvalue weighted by Crippen LogP contribution is -2.29. The summed E-state index contributed by atoms with van der Waals surface area (Å²) in [4.78, 5) is 17.6. The lowest BCUT2D eigenvalue weighted by molar-refractivity contribution is -0.116. The maximum atomic E-state index is 13.0. The number of nitrogens with zero attached hydrogens (tertiary/aromatic N) is 1. The molecule has 1 aliphatic rings. The predicted octanol–water partition coefficient (Wildman–Crippen LogP) is 3.47. The Bertz CT molecular complexity index is 755. The summed E-state index contributed by atoms with van der Waals surface area (Å²) in [5.41, 5.74) is 1.83. The molecule has 0 spiro atoms. The Hall–Kier alpha value is -2.19. The summed E-state index contributed by atoms with van der Waals surface area (Å²) in [5.74, 6) is 4.58. The SMILES string of the molecule is CC#CC(=O)N[C@@H]1CCCc2sc(-c3ccc(F)cc3)nc21. The van der Waals surface area contributed by atoms with Crippen molar-refractivity contribution in [2.75, 3.05) is 0 Å². The largest absolute Gasteiger partial charge is 0.337 e. The van der Waals surface area contributed by atoms with Crippen LogP contribution in [0, 0.1) is 17.7 Å². The third-order valence-corrected chi connectivity index (χ3v) is 4.77. The fourth-order valence-electron chi connectivity index (χ4n) is 2.58. The van der Waals surface area contributed by atoms with Crippen molar-refractivity contribution in [1.82, 2.24) is 10.3 Å². The van der Waals surface area contributed by atoms with E-state index in [9.17, 15) is 9.18 Å². The van der Waals surface area contributed by atoms with E-state index >= 15 is 0 Å². The van der Waals surface area contributed by atoms with Crippen LogP contribution in [0.5, 0.6) is 0 Å². The molecule has 0 saturated heterocycles. The highest BCUT2D eigenvalue weighted by Crippen LogP contribution is 2.37. The number of fused-ring (bicyclic) bond motifs is 1. The molecule has 1 N–H and O–H groups in total. The topological polar surface area (TPSA) is 42.0 Å². The van der Waals surface area contributed by atoms with E-state index in [1.165, 1.54) is 17.0 Å². The molecule has 1 aromatic heterocycles. The minimum atomic E-state index is -0.267. The highest BCUT2D eigenvalue weighted by molar-refractivity contribution is 7.15. The minimum absolute atomic E-state index is 0.0810. The van der Waals surface area contributed by atoms with Gasteiger partial charge in [0.25, 0.3) is 5.91 Å². The lowest BCUT2D eigenvalue weighted by Gasteiger charge is -2.21. The van der Waals surface area contributed by atoms with E-state index in [2.05, 4.69) is 22.1 Å². The number of benzene rings is 1. The normalized spacial score (nSPS) is 16.4. The van der Waals surface area contributed by atoms with E-state index in [1.807, 2.05) is 0 Å².